The molecule has 0 bridgehead atoms. The first kappa shape index (κ1) is 17.8. The predicted molar refractivity (Wildman–Crippen MR) is 91.1 cm³/mol. The third-order valence-corrected chi connectivity index (χ3v) is 4.80. The van der Waals surface area contributed by atoms with Crippen LogP contribution in [-0.4, -0.2) is 35.8 Å². The number of halogens is 1. The molecule has 1 aliphatic carbocycles. The lowest BCUT2D eigenvalue weighted by Crippen LogP contribution is -2.52. The number of nitrogens with two attached hydrogens (primary N) is 1. The van der Waals surface area contributed by atoms with Gasteiger partial charge in [-0.15, -0.1) is 12.4 Å². The topological polar surface area (TPSA) is 75.4 Å². The molecule has 6 heteroatoms. The maximum Gasteiger partial charge on any atom is 0.247 e. The van der Waals surface area contributed by atoms with Crippen LogP contribution in [0.1, 0.15) is 37.3 Å². The van der Waals surface area contributed by atoms with Crippen molar-refractivity contribution in [1.82, 2.24) is 10.2 Å². The van der Waals surface area contributed by atoms with Crippen LogP contribution in [0, 0.1) is 5.92 Å². The Morgan fingerprint density at radius 1 is 1.26 bits per heavy atom. The summed E-state index contributed by atoms with van der Waals surface area (Å²) in [6, 6.07) is 9.11. The maximum atomic E-state index is 12.7. The summed E-state index contributed by atoms with van der Waals surface area (Å²) in [5, 5.41) is 2.86. The van der Waals surface area contributed by atoms with Gasteiger partial charge >= 0.3 is 0 Å². The van der Waals surface area contributed by atoms with Crippen molar-refractivity contribution < 1.29 is 9.59 Å². The van der Waals surface area contributed by atoms with Gasteiger partial charge in [-0.3, -0.25) is 9.59 Å². The van der Waals surface area contributed by atoms with Crippen molar-refractivity contribution >= 4 is 24.2 Å². The summed E-state index contributed by atoms with van der Waals surface area (Å²) in [6.45, 7) is 1.08. The molecular formula is C17H24ClN3O2. The molecule has 0 spiro atoms. The summed E-state index contributed by atoms with van der Waals surface area (Å²) in [5.74, 6) is 0.210. The SMILES string of the molecule is Cl.N[C@@H]1CCC[C@H]1CC(=O)N1CCNC(=O)C1c1ccccc1. The van der Waals surface area contributed by atoms with Gasteiger partial charge in [0.2, 0.25) is 11.8 Å². The number of hydrogen-bond donors (Lipinski definition) is 2. The second-order valence-electron chi connectivity index (χ2n) is 6.25. The van der Waals surface area contributed by atoms with Crippen molar-refractivity contribution in [3.8, 4) is 0 Å². The Balaban J connectivity index is 0.00000192. The highest BCUT2D eigenvalue weighted by Crippen LogP contribution is 2.30. The van der Waals surface area contributed by atoms with Crippen LogP contribution in [-0.2, 0) is 9.59 Å². The summed E-state index contributed by atoms with van der Waals surface area (Å²) in [6.07, 6.45) is 3.57. The molecule has 3 rings (SSSR count). The zero-order valence-corrected chi connectivity index (χ0v) is 13.9. The molecule has 2 amide bonds. The van der Waals surface area contributed by atoms with Crippen molar-refractivity contribution in [2.45, 2.75) is 37.8 Å². The van der Waals surface area contributed by atoms with Crippen LogP contribution in [0.4, 0.5) is 0 Å². The van der Waals surface area contributed by atoms with Gasteiger partial charge in [-0.2, -0.15) is 0 Å². The van der Waals surface area contributed by atoms with Gasteiger partial charge < -0.3 is 16.0 Å². The van der Waals surface area contributed by atoms with E-state index in [0.717, 1.165) is 24.8 Å². The van der Waals surface area contributed by atoms with E-state index in [9.17, 15) is 9.59 Å². The van der Waals surface area contributed by atoms with Gasteiger partial charge in [0.1, 0.15) is 6.04 Å². The average Bonchev–Trinajstić information content (AvgIpc) is 2.93. The Morgan fingerprint density at radius 2 is 2.00 bits per heavy atom. The van der Waals surface area contributed by atoms with Gasteiger partial charge in [-0.05, 0) is 24.3 Å². The zero-order valence-electron chi connectivity index (χ0n) is 13.1. The molecule has 1 saturated carbocycles. The largest absolute Gasteiger partial charge is 0.352 e. The van der Waals surface area contributed by atoms with Crippen LogP contribution in [0.5, 0.6) is 0 Å². The molecule has 1 saturated heterocycles. The summed E-state index contributed by atoms with van der Waals surface area (Å²) >= 11 is 0. The van der Waals surface area contributed by atoms with E-state index in [1.807, 2.05) is 30.3 Å². The molecular weight excluding hydrogens is 314 g/mol. The number of carbonyl (C=O) groups excluding carboxylic acids is 2. The first-order valence-electron chi connectivity index (χ1n) is 8.04. The van der Waals surface area contributed by atoms with E-state index < -0.39 is 6.04 Å². The molecule has 1 heterocycles. The second kappa shape index (κ2) is 7.79. The van der Waals surface area contributed by atoms with Crippen LogP contribution in [0.3, 0.4) is 0 Å². The van der Waals surface area contributed by atoms with Gasteiger partial charge in [0.15, 0.2) is 0 Å². The van der Waals surface area contributed by atoms with Crippen LogP contribution in [0.2, 0.25) is 0 Å². The molecule has 5 nitrogen and oxygen atoms in total. The first-order valence-corrected chi connectivity index (χ1v) is 8.04. The lowest BCUT2D eigenvalue weighted by atomic mass is 9.97. The van der Waals surface area contributed by atoms with E-state index >= 15 is 0 Å². The standard InChI is InChI=1S/C17H23N3O2.ClH/c18-14-8-4-7-13(14)11-15(21)20-10-9-19-17(22)16(20)12-5-2-1-3-6-12;/h1-3,5-6,13-14,16H,4,7-11,18H2,(H,19,22);1H/t13-,14+,16?;/m0./s1. The van der Waals surface area contributed by atoms with Gasteiger partial charge in [-0.1, -0.05) is 36.8 Å². The van der Waals surface area contributed by atoms with Crippen molar-refractivity contribution in [3.05, 3.63) is 35.9 Å². The molecule has 0 aromatic heterocycles. The highest BCUT2D eigenvalue weighted by Gasteiger charge is 2.36. The quantitative estimate of drug-likeness (QED) is 0.880. The van der Waals surface area contributed by atoms with E-state index in [0.29, 0.717) is 19.5 Å². The molecule has 2 fully saturated rings. The lowest BCUT2D eigenvalue weighted by Gasteiger charge is -2.36. The van der Waals surface area contributed by atoms with Gasteiger partial charge in [0.05, 0.1) is 0 Å². The number of piperazine rings is 1. The fourth-order valence-corrected chi connectivity index (χ4v) is 3.56. The molecule has 1 aliphatic heterocycles. The molecule has 3 atom stereocenters. The highest BCUT2D eigenvalue weighted by atomic mass is 35.5. The molecule has 1 aromatic rings. The van der Waals surface area contributed by atoms with Crippen LogP contribution >= 0.6 is 12.4 Å². The molecule has 0 radical (unpaired) electrons. The number of hydrogen-bond acceptors (Lipinski definition) is 3. The summed E-state index contributed by atoms with van der Waals surface area (Å²) in [4.78, 5) is 26.7. The monoisotopic (exact) mass is 337 g/mol. The van der Waals surface area contributed by atoms with Gasteiger partial charge in [0, 0.05) is 25.6 Å². The summed E-state index contributed by atoms with van der Waals surface area (Å²) in [7, 11) is 0. The lowest BCUT2D eigenvalue weighted by molar-refractivity contribution is -0.144. The Morgan fingerprint density at radius 3 is 2.65 bits per heavy atom. The Hall–Kier alpha value is -1.59. The number of nitrogens with zero attached hydrogens (tertiary/aromatic N) is 1. The smallest absolute Gasteiger partial charge is 0.247 e. The van der Waals surface area contributed by atoms with Crippen molar-refractivity contribution in [3.63, 3.8) is 0 Å². The summed E-state index contributed by atoms with van der Waals surface area (Å²) in [5.41, 5.74) is 6.94. The summed E-state index contributed by atoms with van der Waals surface area (Å²) < 4.78 is 0. The maximum absolute atomic E-state index is 12.7. The number of carbonyl (C=O) groups is 2. The third-order valence-electron chi connectivity index (χ3n) is 4.80. The van der Waals surface area contributed by atoms with E-state index in [-0.39, 0.29) is 36.2 Å². The normalized spacial score (nSPS) is 27.3. The van der Waals surface area contributed by atoms with Gasteiger partial charge in [0.25, 0.3) is 0 Å². The number of nitrogens with one attached hydrogen (secondary N) is 1. The van der Waals surface area contributed by atoms with E-state index in [4.69, 9.17) is 5.73 Å². The number of rotatable bonds is 3. The molecule has 1 aromatic carbocycles. The van der Waals surface area contributed by atoms with Crippen LogP contribution in [0.25, 0.3) is 0 Å². The van der Waals surface area contributed by atoms with Crippen LogP contribution in [0.15, 0.2) is 30.3 Å². The number of amides is 2. The molecule has 23 heavy (non-hydrogen) atoms. The molecule has 2 aliphatic rings. The van der Waals surface area contributed by atoms with E-state index in [2.05, 4.69) is 5.32 Å². The van der Waals surface area contributed by atoms with E-state index in [1.54, 1.807) is 4.90 Å². The van der Waals surface area contributed by atoms with E-state index in [1.165, 1.54) is 0 Å². The van der Waals surface area contributed by atoms with Crippen molar-refractivity contribution in [2.24, 2.45) is 11.7 Å². The Bertz CT molecular complexity index is 552. The fourth-order valence-electron chi connectivity index (χ4n) is 3.56. The Kier molecular flexibility index (Phi) is 6.02. The minimum absolute atomic E-state index is 0. The molecule has 1 unspecified atom stereocenters. The van der Waals surface area contributed by atoms with Gasteiger partial charge in [-0.25, -0.2) is 0 Å². The third kappa shape index (κ3) is 3.85. The minimum Gasteiger partial charge on any atom is -0.352 e. The zero-order chi connectivity index (χ0) is 15.5. The molecule has 126 valence electrons. The second-order valence-corrected chi connectivity index (χ2v) is 6.25. The van der Waals surface area contributed by atoms with Crippen molar-refractivity contribution in [1.29, 1.82) is 0 Å². The molecule has 3 N–H and O–H groups in total. The Labute approximate surface area is 143 Å². The number of benzene rings is 1. The highest BCUT2D eigenvalue weighted by molar-refractivity contribution is 5.89. The van der Waals surface area contributed by atoms with Crippen molar-refractivity contribution in [2.75, 3.05) is 13.1 Å². The first-order chi connectivity index (χ1) is 10.7. The minimum atomic E-state index is -0.514. The average molecular weight is 338 g/mol. The fraction of sp³-hybridized carbons (Fsp3) is 0.529. The van der Waals surface area contributed by atoms with Crippen LogP contribution < -0.4 is 11.1 Å². The predicted octanol–water partition coefficient (Wildman–Crippen LogP) is 1.63.